The van der Waals surface area contributed by atoms with E-state index < -0.39 is 17.1 Å². The van der Waals surface area contributed by atoms with Crippen LogP contribution in [0.25, 0.3) is 10.9 Å². The first-order valence-corrected chi connectivity index (χ1v) is 16.0. The van der Waals surface area contributed by atoms with Crippen molar-refractivity contribution >= 4 is 34.1 Å². The number of ether oxygens (including phenoxy) is 5. The van der Waals surface area contributed by atoms with Crippen LogP contribution in [0, 0.1) is 18.2 Å². The highest BCUT2D eigenvalue weighted by Gasteiger charge is 2.56. The Morgan fingerprint density at radius 2 is 1.60 bits per heavy atom. The predicted molar refractivity (Wildman–Crippen MR) is 179 cm³/mol. The number of carbonyl (C=O) groups excluding carboxylic acids is 2. The zero-order valence-electron chi connectivity index (χ0n) is 27.3. The maximum atomic E-state index is 15.4. The summed E-state index contributed by atoms with van der Waals surface area (Å²) in [6, 6.07) is 14.8. The van der Waals surface area contributed by atoms with Crippen molar-refractivity contribution in [2.45, 2.75) is 26.2 Å². The quantitative estimate of drug-likeness (QED) is 0.125. The summed E-state index contributed by atoms with van der Waals surface area (Å²) in [5.41, 5.74) is 1.21. The number of methoxy groups -OCH3 is 1. The maximum absolute atomic E-state index is 15.4. The van der Waals surface area contributed by atoms with Gasteiger partial charge in [-0.1, -0.05) is 17.7 Å². The lowest BCUT2D eigenvalue weighted by atomic mass is 10.0. The van der Waals surface area contributed by atoms with E-state index in [9.17, 15) is 9.59 Å². The minimum atomic E-state index is -1.20. The molecule has 11 nitrogen and oxygen atoms in total. The molecule has 0 unspecified atom stereocenters. The second kappa shape index (κ2) is 14.4. The second-order valence-corrected chi connectivity index (χ2v) is 12.0. The molecular weight excluding hydrogens is 619 g/mol. The van der Waals surface area contributed by atoms with Crippen LogP contribution < -0.4 is 29.6 Å². The fourth-order valence-corrected chi connectivity index (χ4v) is 5.44. The first-order valence-electron chi connectivity index (χ1n) is 16.0. The van der Waals surface area contributed by atoms with Gasteiger partial charge in [0, 0.05) is 49.9 Å². The molecule has 2 N–H and O–H groups in total. The van der Waals surface area contributed by atoms with Crippen molar-refractivity contribution in [3.8, 4) is 28.7 Å². The summed E-state index contributed by atoms with van der Waals surface area (Å²) in [6.45, 7) is 5.41. The highest BCUT2D eigenvalue weighted by Crippen LogP contribution is 2.49. The molecule has 252 valence electrons. The normalized spacial score (nSPS) is 14.4. The molecular formula is C36H39FN4O7. The molecule has 12 heteroatoms. The molecule has 0 radical (unpaired) electrons. The SMILES string of the molecule is COCCN(C)CCCOc1cc2nccc(Oc3ccc(NC(=O)C4(C(=O)Nc5ccc(C)cc5)CC4)cc3F)c2c2c1OCCO2. The van der Waals surface area contributed by atoms with Gasteiger partial charge in [-0.15, -0.1) is 0 Å². The topological polar surface area (TPSA) is 120 Å². The van der Waals surface area contributed by atoms with Crippen LogP contribution >= 0.6 is 0 Å². The summed E-state index contributed by atoms with van der Waals surface area (Å²) in [4.78, 5) is 32.8. The van der Waals surface area contributed by atoms with Crippen molar-refractivity contribution in [2.75, 3.05) is 64.3 Å². The van der Waals surface area contributed by atoms with E-state index in [2.05, 4.69) is 20.5 Å². The van der Waals surface area contributed by atoms with Gasteiger partial charge in [0.05, 0.1) is 24.1 Å². The molecule has 6 rings (SSSR count). The van der Waals surface area contributed by atoms with Crippen LogP contribution in [-0.2, 0) is 14.3 Å². The average Bonchev–Trinajstić information content (AvgIpc) is 3.91. The Balaban J connectivity index is 1.15. The van der Waals surface area contributed by atoms with Crippen LogP contribution in [0.1, 0.15) is 24.8 Å². The smallest absolute Gasteiger partial charge is 0.240 e. The Morgan fingerprint density at radius 3 is 2.31 bits per heavy atom. The van der Waals surface area contributed by atoms with Gasteiger partial charge in [-0.25, -0.2) is 4.39 Å². The van der Waals surface area contributed by atoms with Crippen molar-refractivity contribution in [1.82, 2.24) is 9.88 Å². The minimum Gasteiger partial charge on any atom is -0.489 e. The van der Waals surface area contributed by atoms with Gasteiger partial charge < -0.3 is 39.2 Å². The van der Waals surface area contributed by atoms with Gasteiger partial charge in [0.25, 0.3) is 0 Å². The van der Waals surface area contributed by atoms with E-state index in [4.69, 9.17) is 23.7 Å². The number of nitrogens with one attached hydrogen (secondary N) is 2. The van der Waals surface area contributed by atoms with E-state index in [1.807, 2.05) is 26.1 Å². The van der Waals surface area contributed by atoms with E-state index in [-0.39, 0.29) is 17.3 Å². The minimum absolute atomic E-state index is 0.0675. The van der Waals surface area contributed by atoms with E-state index in [1.165, 1.54) is 12.1 Å². The molecule has 1 aromatic heterocycles. The second-order valence-electron chi connectivity index (χ2n) is 12.0. The van der Waals surface area contributed by atoms with Crippen LogP contribution in [0.5, 0.6) is 28.7 Å². The lowest BCUT2D eigenvalue weighted by Crippen LogP contribution is -2.35. The third-order valence-electron chi connectivity index (χ3n) is 8.40. The fraction of sp³-hybridized carbons (Fsp3) is 0.361. The summed E-state index contributed by atoms with van der Waals surface area (Å²) in [6.07, 6.45) is 3.17. The van der Waals surface area contributed by atoms with Gasteiger partial charge in [-0.3, -0.25) is 14.6 Å². The molecule has 3 aromatic carbocycles. The zero-order valence-corrected chi connectivity index (χ0v) is 27.3. The summed E-state index contributed by atoms with van der Waals surface area (Å²) >= 11 is 0. The van der Waals surface area contributed by atoms with Gasteiger partial charge in [-0.2, -0.15) is 0 Å². The number of halogens is 1. The molecule has 0 saturated heterocycles. The molecule has 1 aliphatic heterocycles. The largest absolute Gasteiger partial charge is 0.489 e. The van der Waals surface area contributed by atoms with Crippen molar-refractivity contribution in [3.63, 3.8) is 0 Å². The molecule has 1 fully saturated rings. The molecule has 0 spiro atoms. The molecule has 2 amide bonds. The predicted octanol–water partition coefficient (Wildman–Crippen LogP) is 5.95. The molecule has 1 aliphatic carbocycles. The lowest BCUT2D eigenvalue weighted by molar-refractivity contribution is -0.131. The first kappa shape index (κ1) is 33.0. The molecule has 0 bridgehead atoms. The number of hydrogen-bond donors (Lipinski definition) is 2. The van der Waals surface area contributed by atoms with Crippen LogP contribution in [-0.4, -0.2) is 75.4 Å². The summed E-state index contributed by atoms with van der Waals surface area (Å²) < 4.78 is 44.7. The van der Waals surface area contributed by atoms with E-state index >= 15 is 4.39 Å². The van der Waals surface area contributed by atoms with Gasteiger partial charge in [0.15, 0.2) is 23.1 Å². The molecule has 4 aromatic rings. The number of hydrogen-bond acceptors (Lipinski definition) is 9. The zero-order chi connectivity index (χ0) is 33.7. The van der Waals surface area contributed by atoms with E-state index in [1.54, 1.807) is 37.6 Å². The highest BCUT2D eigenvalue weighted by atomic mass is 19.1. The molecule has 2 heterocycles. The first-order chi connectivity index (χ1) is 23.3. The number of amides is 2. The third kappa shape index (κ3) is 7.29. The number of fused-ring (bicyclic) bond motifs is 3. The number of aryl methyl sites for hydroxylation is 1. The number of rotatable bonds is 14. The van der Waals surface area contributed by atoms with Crippen molar-refractivity contribution in [1.29, 1.82) is 0 Å². The van der Waals surface area contributed by atoms with Crippen LogP contribution in [0.15, 0.2) is 60.8 Å². The van der Waals surface area contributed by atoms with Crippen LogP contribution in [0.3, 0.4) is 0 Å². The molecule has 48 heavy (non-hydrogen) atoms. The summed E-state index contributed by atoms with van der Waals surface area (Å²) in [7, 11) is 3.71. The average molecular weight is 659 g/mol. The lowest BCUT2D eigenvalue weighted by Gasteiger charge is -2.24. The van der Waals surface area contributed by atoms with Gasteiger partial charge >= 0.3 is 0 Å². The van der Waals surface area contributed by atoms with Crippen LogP contribution in [0.4, 0.5) is 15.8 Å². The highest BCUT2D eigenvalue weighted by molar-refractivity contribution is 6.16. The number of anilines is 2. The molecule has 2 aliphatic rings. The number of pyridine rings is 1. The Kier molecular flexibility index (Phi) is 9.93. The van der Waals surface area contributed by atoms with Crippen molar-refractivity contribution < 1.29 is 37.7 Å². The number of carbonyl (C=O) groups is 2. The number of likely N-dealkylation sites (N-methyl/N-ethyl adjacent to an activating group) is 1. The maximum Gasteiger partial charge on any atom is 0.240 e. The fourth-order valence-electron chi connectivity index (χ4n) is 5.44. The molecule has 0 atom stereocenters. The Bertz CT molecular complexity index is 1800. The summed E-state index contributed by atoms with van der Waals surface area (Å²) in [5, 5.41) is 6.04. The van der Waals surface area contributed by atoms with E-state index in [0.29, 0.717) is 78.9 Å². The number of aromatic nitrogens is 1. The third-order valence-corrected chi connectivity index (χ3v) is 8.40. The van der Waals surface area contributed by atoms with E-state index in [0.717, 1.165) is 31.1 Å². The monoisotopic (exact) mass is 658 g/mol. The van der Waals surface area contributed by atoms with Crippen molar-refractivity contribution in [2.24, 2.45) is 5.41 Å². The Hall–Kier alpha value is -4.94. The number of nitrogens with zero attached hydrogens (tertiary/aromatic N) is 2. The summed E-state index contributed by atoms with van der Waals surface area (Å²) in [5.74, 6) is 0.0374. The Labute approximate surface area is 278 Å². The standard InChI is InChI=1S/C36H39FN4O7/c1-23-5-7-24(8-6-23)39-34(42)36(12-13-36)35(43)40-25-9-10-28(26(37)21-25)48-29-11-14-38-27-22-30(32-33(31(27)29)47-20-19-46-32)45-17-4-15-41(2)16-18-44-3/h5-11,14,21-22H,4,12-13,15-20H2,1-3H3,(H,39,42)(H,40,43). The van der Waals surface area contributed by atoms with Crippen molar-refractivity contribution in [3.05, 3.63) is 72.2 Å². The van der Waals surface area contributed by atoms with Crippen LogP contribution in [0.2, 0.25) is 0 Å². The van der Waals surface area contributed by atoms with Gasteiger partial charge in [-0.05, 0) is 63.6 Å². The molecule has 1 saturated carbocycles. The van der Waals surface area contributed by atoms with Gasteiger partial charge in [0.1, 0.15) is 24.4 Å². The Morgan fingerprint density at radius 1 is 0.896 bits per heavy atom. The number of benzene rings is 3. The van der Waals surface area contributed by atoms with Gasteiger partial charge in [0.2, 0.25) is 17.6 Å².